The van der Waals surface area contributed by atoms with E-state index in [0.29, 0.717) is 0 Å². The number of hydrogen-bond donors (Lipinski definition) is 1. The predicted octanol–water partition coefficient (Wildman–Crippen LogP) is -1.03. The fourth-order valence-electron chi connectivity index (χ4n) is 2.20. The topological polar surface area (TPSA) is 86.0 Å². The molecule has 0 spiro atoms. The van der Waals surface area contributed by atoms with Crippen LogP contribution in [0.15, 0.2) is 20.3 Å². The Labute approximate surface area is 110 Å². The number of halogens is 1. The van der Waals surface area contributed by atoms with E-state index in [9.17, 15) is 9.59 Å². The van der Waals surface area contributed by atoms with Crippen molar-refractivity contribution in [3.63, 3.8) is 0 Å². The number of aromatic nitrogens is 2. The smallest absolute Gasteiger partial charge is 0.332 e. The molecule has 0 amide bonds. The molecule has 1 N–H and O–H groups in total. The summed E-state index contributed by atoms with van der Waals surface area (Å²) >= 11 is 3.11. The van der Waals surface area contributed by atoms with Crippen LogP contribution in [0.1, 0.15) is 6.23 Å². The summed E-state index contributed by atoms with van der Waals surface area (Å²) in [6.07, 6.45) is -0.00814. The van der Waals surface area contributed by atoms with E-state index in [1.54, 1.807) is 0 Å². The van der Waals surface area contributed by atoms with Gasteiger partial charge in [0.25, 0.3) is 5.56 Å². The van der Waals surface area contributed by atoms with Gasteiger partial charge in [-0.05, 0) is 15.9 Å². The summed E-state index contributed by atoms with van der Waals surface area (Å²) < 4.78 is 13.5. The van der Waals surface area contributed by atoms with Crippen molar-refractivity contribution in [3.8, 4) is 0 Å². The van der Waals surface area contributed by atoms with Gasteiger partial charge in [0.2, 0.25) is 0 Å². The molecule has 1 aromatic rings. The van der Waals surface area contributed by atoms with Crippen LogP contribution in [-0.4, -0.2) is 39.2 Å². The Morgan fingerprint density at radius 3 is 2.72 bits per heavy atom. The van der Waals surface area contributed by atoms with Crippen molar-refractivity contribution in [2.45, 2.75) is 24.5 Å². The molecule has 0 unspecified atom stereocenters. The highest BCUT2D eigenvalue weighted by atomic mass is 79.9. The lowest BCUT2D eigenvalue weighted by Crippen LogP contribution is -2.41. The van der Waals surface area contributed by atoms with E-state index >= 15 is 0 Å². The number of ether oxygens (including phenoxy) is 2. The minimum absolute atomic E-state index is 0.153. The maximum atomic E-state index is 12.0. The molecule has 2 aliphatic heterocycles. The maximum absolute atomic E-state index is 12.0. The van der Waals surface area contributed by atoms with Gasteiger partial charge in [-0.1, -0.05) is 0 Å². The third kappa shape index (κ3) is 1.60. The van der Waals surface area contributed by atoms with E-state index in [4.69, 9.17) is 14.6 Å². The molecule has 2 aliphatic rings. The first-order valence-corrected chi connectivity index (χ1v) is 6.23. The zero-order valence-electron chi connectivity index (χ0n) is 9.45. The molecule has 0 aromatic carbocycles. The summed E-state index contributed by atoms with van der Waals surface area (Å²) in [6.45, 7) is -0.153. The first-order chi connectivity index (χ1) is 8.54. The van der Waals surface area contributed by atoms with Gasteiger partial charge in [-0.15, -0.1) is 0 Å². The zero-order valence-corrected chi connectivity index (χ0v) is 11.0. The lowest BCUT2D eigenvalue weighted by Gasteiger charge is -2.18. The quantitative estimate of drug-likeness (QED) is 0.704. The van der Waals surface area contributed by atoms with Gasteiger partial charge in [0, 0.05) is 13.2 Å². The molecule has 3 heterocycles. The van der Waals surface area contributed by atoms with Gasteiger partial charge in [0.1, 0.15) is 18.3 Å². The second-order valence-corrected chi connectivity index (χ2v) is 5.20. The summed E-state index contributed by atoms with van der Waals surface area (Å²) in [7, 11) is 1.40. The summed E-state index contributed by atoms with van der Waals surface area (Å²) in [6, 6.07) is 0. The van der Waals surface area contributed by atoms with E-state index in [1.807, 2.05) is 0 Å². The van der Waals surface area contributed by atoms with E-state index in [0.717, 1.165) is 4.57 Å². The van der Waals surface area contributed by atoms with Crippen molar-refractivity contribution in [1.29, 1.82) is 0 Å². The molecule has 4 atom stereocenters. The molecule has 98 valence electrons. The number of rotatable bonds is 2. The highest BCUT2D eigenvalue weighted by Crippen LogP contribution is 2.44. The molecule has 7 nitrogen and oxygen atoms in total. The Hall–Kier alpha value is -0.960. The molecule has 18 heavy (non-hydrogen) atoms. The highest BCUT2D eigenvalue weighted by Gasteiger charge is 2.58. The molecular formula is C10H11BrN2O5. The van der Waals surface area contributed by atoms with Crippen LogP contribution >= 0.6 is 15.9 Å². The normalized spacial score (nSPS) is 33.5. The van der Waals surface area contributed by atoms with Crippen LogP contribution in [0.4, 0.5) is 0 Å². The van der Waals surface area contributed by atoms with Gasteiger partial charge < -0.3 is 14.6 Å². The first-order valence-electron chi connectivity index (χ1n) is 5.44. The molecule has 2 fully saturated rings. The molecule has 3 rings (SSSR count). The second-order valence-electron chi connectivity index (χ2n) is 4.34. The predicted molar refractivity (Wildman–Crippen MR) is 63.3 cm³/mol. The highest BCUT2D eigenvalue weighted by molar-refractivity contribution is 9.10. The van der Waals surface area contributed by atoms with Crippen molar-refractivity contribution in [2.75, 3.05) is 6.61 Å². The lowest BCUT2D eigenvalue weighted by molar-refractivity contribution is -0.0860. The van der Waals surface area contributed by atoms with Gasteiger partial charge in [-0.25, -0.2) is 4.79 Å². The monoisotopic (exact) mass is 318 g/mol. The zero-order chi connectivity index (χ0) is 13.0. The van der Waals surface area contributed by atoms with Gasteiger partial charge in [-0.2, -0.15) is 0 Å². The lowest BCUT2D eigenvalue weighted by atomic mass is 10.2. The summed E-state index contributed by atoms with van der Waals surface area (Å²) in [5, 5.41) is 9.09. The van der Waals surface area contributed by atoms with Crippen molar-refractivity contribution in [3.05, 3.63) is 31.5 Å². The van der Waals surface area contributed by atoms with Crippen LogP contribution < -0.4 is 11.2 Å². The first kappa shape index (κ1) is 12.1. The van der Waals surface area contributed by atoms with Crippen LogP contribution in [0.25, 0.3) is 0 Å². The number of nitrogens with zero attached hydrogens (tertiary/aromatic N) is 2. The number of fused-ring (bicyclic) bond motifs is 1. The largest absolute Gasteiger partial charge is 0.394 e. The van der Waals surface area contributed by atoms with Crippen LogP contribution in [0, 0.1) is 0 Å². The Bertz CT molecular complexity index is 609. The van der Waals surface area contributed by atoms with Crippen LogP contribution in [-0.2, 0) is 16.5 Å². The van der Waals surface area contributed by atoms with Crippen molar-refractivity contribution < 1.29 is 14.6 Å². The molecule has 8 heteroatoms. The summed E-state index contributed by atoms with van der Waals surface area (Å²) in [5.41, 5.74) is -0.873. The SMILES string of the molecule is Cn1c(=O)c(Br)cn([C@H]2O[C@@H](CO)[C@@H]3O[C@@H]32)c1=O. The number of aliphatic hydroxyl groups is 1. The van der Waals surface area contributed by atoms with Gasteiger partial charge in [-0.3, -0.25) is 13.9 Å². The van der Waals surface area contributed by atoms with Crippen LogP contribution in [0.3, 0.4) is 0 Å². The summed E-state index contributed by atoms with van der Waals surface area (Å²) in [4.78, 5) is 23.6. The van der Waals surface area contributed by atoms with E-state index in [2.05, 4.69) is 15.9 Å². The fraction of sp³-hybridized carbons (Fsp3) is 0.600. The molecule has 0 bridgehead atoms. The van der Waals surface area contributed by atoms with Crippen molar-refractivity contribution >= 4 is 15.9 Å². The van der Waals surface area contributed by atoms with Gasteiger partial charge >= 0.3 is 5.69 Å². The summed E-state index contributed by atoms with van der Waals surface area (Å²) in [5.74, 6) is 0. The number of epoxide rings is 1. The van der Waals surface area contributed by atoms with Gasteiger partial charge in [0.15, 0.2) is 6.23 Å². The third-order valence-electron chi connectivity index (χ3n) is 3.25. The number of aliphatic hydroxyl groups excluding tert-OH is 1. The standard InChI is InChI=1S/C10H11BrN2O5/c1-12-8(15)4(11)2-13(10(12)16)9-7-6(18-7)5(3-14)17-9/h2,5-7,9,14H,3H2,1H3/t5-,6-,7-,9-/m0/s1. The van der Waals surface area contributed by atoms with Crippen LogP contribution in [0.5, 0.6) is 0 Å². The van der Waals surface area contributed by atoms with E-state index < -0.39 is 23.6 Å². The van der Waals surface area contributed by atoms with E-state index in [-0.39, 0.29) is 23.3 Å². The molecule has 0 radical (unpaired) electrons. The minimum Gasteiger partial charge on any atom is -0.394 e. The molecule has 1 aromatic heterocycles. The fourth-order valence-corrected chi connectivity index (χ4v) is 2.69. The van der Waals surface area contributed by atoms with E-state index in [1.165, 1.54) is 17.8 Å². The average molecular weight is 319 g/mol. The molecular weight excluding hydrogens is 308 g/mol. The Morgan fingerprint density at radius 1 is 1.39 bits per heavy atom. The Kier molecular flexibility index (Phi) is 2.70. The molecule has 2 saturated heterocycles. The average Bonchev–Trinajstić information content (AvgIpc) is 3.07. The Balaban J connectivity index is 2.04. The van der Waals surface area contributed by atoms with Crippen molar-refractivity contribution in [2.24, 2.45) is 7.05 Å². The molecule has 0 aliphatic carbocycles. The minimum atomic E-state index is -0.595. The second kappa shape index (κ2) is 4.02. The Morgan fingerprint density at radius 2 is 2.11 bits per heavy atom. The maximum Gasteiger partial charge on any atom is 0.332 e. The van der Waals surface area contributed by atoms with Crippen LogP contribution in [0.2, 0.25) is 0 Å². The molecule has 0 saturated carbocycles. The number of hydrogen-bond acceptors (Lipinski definition) is 5. The van der Waals surface area contributed by atoms with Gasteiger partial charge in [0.05, 0.1) is 11.1 Å². The van der Waals surface area contributed by atoms with Crippen molar-refractivity contribution in [1.82, 2.24) is 9.13 Å². The third-order valence-corrected chi connectivity index (χ3v) is 3.79.